The van der Waals surface area contributed by atoms with Crippen molar-refractivity contribution >= 4 is 12.0 Å². The number of nitrogens with one attached hydrogen (secondary N) is 1. The van der Waals surface area contributed by atoms with E-state index >= 15 is 0 Å². The zero-order valence-electron chi connectivity index (χ0n) is 13.9. The van der Waals surface area contributed by atoms with Crippen molar-refractivity contribution in [2.45, 2.75) is 51.9 Å². The molecule has 23 heavy (non-hydrogen) atoms. The number of carbonyl (C=O) groups excluding carboxylic acids is 2. The van der Waals surface area contributed by atoms with Gasteiger partial charge in [-0.2, -0.15) is 0 Å². The van der Waals surface area contributed by atoms with E-state index in [9.17, 15) is 9.59 Å². The number of hydrogen-bond acceptors (Lipinski definition) is 4. The molecule has 1 fully saturated rings. The van der Waals surface area contributed by atoms with Crippen LogP contribution in [0.15, 0.2) is 30.3 Å². The number of likely N-dealkylation sites (tertiary alicyclic amines) is 1. The Balaban J connectivity index is 1.84. The van der Waals surface area contributed by atoms with E-state index in [0.717, 1.165) is 12.0 Å². The third-order valence-electron chi connectivity index (χ3n) is 3.44. The fourth-order valence-electron chi connectivity index (χ4n) is 2.41. The maximum atomic E-state index is 12.2. The van der Waals surface area contributed by atoms with Gasteiger partial charge in [0.25, 0.3) is 5.91 Å². The van der Waals surface area contributed by atoms with Gasteiger partial charge in [0.1, 0.15) is 11.6 Å². The molecule has 6 heteroatoms. The number of rotatable bonds is 4. The molecule has 0 aromatic heterocycles. The zero-order valence-corrected chi connectivity index (χ0v) is 13.9. The van der Waals surface area contributed by atoms with Crippen molar-refractivity contribution < 1.29 is 19.2 Å². The highest BCUT2D eigenvalue weighted by Crippen LogP contribution is 2.21. The van der Waals surface area contributed by atoms with Crippen LogP contribution in [0.2, 0.25) is 0 Å². The van der Waals surface area contributed by atoms with E-state index in [1.807, 2.05) is 30.3 Å². The number of hydroxylamine groups is 1. The van der Waals surface area contributed by atoms with Gasteiger partial charge in [-0.25, -0.2) is 10.3 Å². The van der Waals surface area contributed by atoms with Crippen LogP contribution in [0.3, 0.4) is 0 Å². The van der Waals surface area contributed by atoms with Gasteiger partial charge in [0.15, 0.2) is 0 Å². The van der Waals surface area contributed by atoms with E-state index in [2.05, 4.69) is 5.48 Å². The molecule has 0 radical (unpaired) electrons. The second kappa shape index (κ2) is 7.46. The molecular formula is C17H24N2O4. The first kappa shape index (κ1) is 17.3. The SMILES string of the molecule is CC(C)(C)OC(=O)N1CCC[C@H]1C(=O)NOCc1ccccc1. The Kier molecular flexibility index (Phi) is 5.60. The average Bonchev–Trinajstić information content (AvgIpc) is 2.96. The first-order chi connectivity index (χ1) is 10.9. The van der Waals surface area contributed by atoms with Gasteiger partial charge in [0, 0.05) is 6.54 Å². The van der Waals surface area contributed by atoms with Crippen LogP contribution >= 0.6 is 0 Å². The van der Waals surface area contributed by atoms with Crippen LogP contribution < -0.4 is 5.48 Å². The lowest BCUT2D eigenvalue weighted by Gasteiger charge is -2.27. The number of nitrogens with zero attached hydrogens (tertiary/aromatic N) is 1. The van der Waals surface area contributed by atoms with Crippen LogP contribution in [0.5, 0.6) is 0 Å². The molecular weight excluding hydrogens is 296 g/mol. The molecule has 1 heterocycles. The lowest BCUT2D eigenvalue weighted by Crippen LogP contribution is -2.47. The minimum absolute atomic E-state index is 0.283. The van der Waals surface area contributed by atoms with Crippen molar-refractivity contribution in [2.75, 3.05) is 6.54 Å². The lowest BCUT2D eigenvalue weighted by atomic mass is 10.2. The van der Waals surface area contributed by atoms with E-state index in [4.69, 9.17) is 9.57 Å². The van der Waals surface area contributed by atoms with E-state index in [1.54, 1.807) is 20.8 Å². The summed E-state index contributed by atoms with van der Waals surface area (Å²) in [4.78, 5) is 31.1. The standard InChI is InChI=1S/C17H24N2O4/c1-17(2,3)23-16(21)19-11-7-10-14(19)15(20)18-22-12-13-8-5-4-6-9-13/h4-6,8-9,14H,7,10-12H2,1-3H3,(H,18,20)/t14-/m0/s1. The summed E-state index contributed by atoms with van der Waals surface area (Å²) in [5.41, 5.74) is 2.81. The first-order valence-electron chi connectivity index (χ1n) is 7.82. The maximum absolute atomic E-state index is 12.2. The van der Waals surface area contributed by atoms with Crippen molar-refractivity contribution in [1.82, 2.24) is 10.4 Å². The average molecular weight is 320 g/mol. The maximum Gasteiger partial charge on any atom is 0.410 e. The second-order valence-corrected chi connectivity index (χ2v) is 6.57. The predicted octanol–water partition coefficient (Wildman–Crippen LogP) is 2.63. The molecule has 1 saturated heterocycles. The molecule has 1 aromatic rings. The number of benzene rings is 1. The van der Waals surface area contributed by atoms with Crippen molar-refractivity contribution in [3.63, 3.8) is 0 Å². The summed E-state index contributed by atoms with van der Waals surface area (Å²) in [6, 6.07) is 9.01. The fraction of sp³-hybridized carbons (Fsp3) is 0.529. The molecule has 1 N–H and O–H groups in total. The van der Waals surface area contributed by atoms with Gasteiger partial charge in [-0.3, -0.25) is 14.5 Å². The Hall–Kier alpha value is -2.08. The molecule has 2 amide bonds. The van der Waals surface area contributed by atoms with Crippen molar-refractivity contribution in [2.24, 2.45) is 0 Å². The highest BCUT2D eigenvalue weighted by atomic mass is 16.7. The summed E-state index contributed by atoms with van der Waals surface area (Å²) in [6.45, 7) is 6.22. The first-order valence-corrected chi connectivity index (χ1v) is 7.82. The number of carbonyl (C=O) groups is 2. The summed E-state index contributed by atoms with van der Waals surface area (Å²) in [5.74, 6) is -0.315. The second-order valence-electron chi connectivity index (χ2n) is 6.57. The quantitative estimate of drug-likeness (QED) is 0.866. The number of ether oxygens (including phenoxy) is 1. The summed E-state index contributed by atoms with van der Waals surface area (Å²) < 4.78 is 5.34. The molecule has 6 nitrogen and oxygen atoms in total. The van der Waals surface area contributed by atoms with E-state index < -0.39 is 17.7 Å². The van der Waals surface area contributed by atoms with Gasteiger partial charge >= 0.3 is 6.09 Å². The normalized spacial score (nSPS) is 17.9. The summed E-state index contributed by atoms with van der Waals surface area (Å²) in [5, 5.41) is 0. The van der Waals surface area contributed by atoms with E-state index in [-0.39, 0.29) is 12.5 Å². The molecule has 0 aliphatic carbocycles. The lowest BCUT2D eigenvalue weighted by molar-refractivity contribution is -0.139. The minimum atomic E-state index is -0.579. The number of hydrogen-bond donors (Lipinski definition) is 1. The van der Waals surface area contributed by atoms with Crippen molar-refractivity contribution in [3.05, 3.63) is 35.9 Å². The van der Waals surface area contributed by atoms with Crippen molar-refractivity contribution in [1.29, 1.82) is 0 Å². The van der Waals surface area contributed by atoms with Crippen LogP contribution in [0.4, 0.5) is 4.79 Å². The summed E-state index contributed by atoms with van der Waals surface area (Å²) in [6.07, 6.45) is 0.925. The van der Waals surface area contributed by atoms with Crippen LogP contribution in [0.25, 0.3) is 0 Å². The van der Waals surface area contributed by atoms with E-state index in [0.29, 0.717) is 13.0 Å². The van der Waals surface area contributed by atoms with Crippen molar-refractivity contribution in [3.8, 4) is 0 Å². The largest absolute Gasteiger partial charge is 0.444 e. The molecule has 0 saturated carbocycles. The Morgan fingerprint density at radius 1 is 1.26 bits per heavy atom. The Labute approximate surface area is 136 Å². The van der Waals surface area contributed by atoms with Gasteiger partial charge in [-0.05, 0) is 39.2 Å². The zero-order chi connectivity index (χ0) is 16.9. The third kappa shape index (κ3) is 5.25. The van der Waals surface area contributed by atoms with Gasteiger partial charge in [0.05, 0.1) is 6.61 Å². The third-order valence-corrected chi connectivity index (χ3v) is 3.44. The molecule has 1 atom stereocenters. The molecule has 1 aliphatic rings. The highest BCUT2D eigenvalue weighted by Gasteiger charge is 2.36. The van der Waals surface area contributed by atoms with Gasteiger partial charge in [-0.15, -0.1) is 0 Å². The van der Waals surface area contributed by atoms with Gasteiger partial charge in [0.2, 0.25) is 0 Å². The summed E-state index contributed by atoms with van der Waals surface area (Å²) in [7, 11) is 0. The Morgan fingerprint density at radius 3 is 2.61 bits per heavy atom. The smallest absolute Gasteiger partial charge is 0.410 e. The minimum Gasteiger partial charge on any atom is -0.444 e. The predicted molar refractivity (Wildman–Crippen MR) is 85.3 cm³/mol. The molecule has 2 rings (SSSR count). The molecule has 0 unspecified atom stereocenters. The molecule has 126 valence electrons. The number of amides is 2. The Morgan fingerprint density at radius 2 is 1.96 bits per heavy atom. The topological polar surface area (TPSA) is 67.9 Å². The van der Waals surface area contributed by atoms with E-state index in [1.165, 1.54) is 4.90 Å². The van der Waals surface area contributed by atoms with Gasteiger partial charge < -0.3 is 4.74 Å². The monoisotopic (exact) mass is 320 g/mol. The highest BCUT2D eigenvalue weighted by molar-refractivity contribution is 5.85. The molecule has 0 spiro atoms. The Bertz CT molecular complexity index is 539. The van der Waals surface area contributed by atoms with Crippen LogP contribution in [-0.2, 0) is 21.0 Å². The van der Waals surface area contributed by atoms with Crippen LogP contribution in [0.1, 0.15) is 39.2 Å². The van der Waals surface area contributed by atoms with Crippen LogP contribution in [0, 0.1) is 0 Å². The summed E-state index contributed by atoms with van der Waals surface area (Å²) >= 11 is 0. The fourth-order valence-corrected chi connectivity index (χ4v) is 2.41. The van der Waals surface area contributed by atoms with Gasteiger partial charge in [-0.1, -0.05) is 30.3 Å². The van der Waals surface area contributed by atoms with Crippen LogP contribution in [-0.4, -0.2) is 35.1 Å². The molecule has 1 aliphatic heterocycles. The molecule has 1 aromatic carbocycles. The molecule has 0 bridgehead atoms.